The van der Waals surface area contributed by atoms with Gasteiger partial charge in [0.15, 0.2) is 0 Å². The Morgan fingerprint density at radius 1 is 1.50 bits per heavy atom. The van der Waals surface area contributed by atoms with Crippen molar-refractivity contribution in [2.75, 3.05) is 13.2 Å². The maximum Gasteiger partial charge on any atom is 0.255 e. The van der Waals surface area contributed by atoms with Crippen molar-refractivity contribution in [2.24, 2.45) is 0 Å². The first kappa shape index (κ1) is 14.5. The largest absolute Gasteiger partial charge is 0.396 e. The Morgan fingerprint density at radius 2 is 2.30 bits per heavy atom. The van der Waals surface area contributed by atoms with Gasteiger partial charge in [-0.15, -0.1) is 0 Å². The van der Waals surface area contributed by atoms with Crippen molar-refractivity contribution < 1.29 is 14.3 Å². The van der Waals surface area contributed by atoms with Crippen molar-refractivity contribution in [1.29, 1.82) is 0 Å². The van der Waals surface area contributed by atoms with Crippen LogP contribution in [-0.4, -0.2) is 34.4 Å². The van der Waals surface area contributed by atoms with Gasteiger partial charge in [0.2, 0.25) is 0 Å². The molecular formula is C13H13ClFN3O2. The molecule has 1 aromatic carbocycles. The summed E-state index contributed by atoms with van der Waals surface area (Å²) in [4.78, 5) is 12.0. The number of aliphatic hydroxyl groups is 1. The Hall–Kier alpha value is -1.92. The topological polar surface area (TPSA) is 78.0 Å². The molecule has 0 saturated carbocycles. The van der Waals surface area contributed by atoms with Crippen LogP contribution >= 0.6 is 11.6 Å². The highest BCUT2D eigenvalue weighted by molar-refractivity contribution is 6.31. The molecule has 0 fully saturated rings. The third kappa shape index (κ3) is 3.15. The second-order valence-corrected chi connectivity index (χ2v) is 4.53. The summed E-state index contributed by atoms with van der Waals surface area (Å²) in [7, 11) is 0. The number of rotatable bonds is 5. The van der Waals surface area contributed by atoms with Crippen molar-refractivity contribution in [3.8, 4) is 11.3 Å². The zero-order valence-corrected chi connectivity index (χ0v) is 11.2. The number of halogens is 2. The fourth-order valence-electron chi connectivity index (χ4n) is 1.71. The summed E-state index contributed by atoms with van der Waals surface area (Å²) in [5, 5.41) is 17.8. The van der Waals surface area contributed by atoms with Gasteiger partial charge in [-0.3, -0.25) is 9.89 Å². The number of nitrogens with one attached hydrogen (secondary N) is 2. The molecule has 0 aliphatic rings. The molecular weight excluding hydrogens is 285 g/mol. The first-order valence-corrected chi connectivity index (χ1v) is 6.39. The molecule has 0 aliphatic carbocycles. The number of amides is 1. The molecule has 2 rings (SSSR count). The SMILES string of the molecule is O=C(NCCCO)c1cn[nH]c1-c1ccc(F)c(Cl)c1. The van der Waals surface area contributed by atoms with Crippen LogP contribution in [0.4, 0.5) is 4.39 Å². The summed E-state index contributed by atoms with van der Waals surface area (Å²) >= 11 is 5.73. The molecule has 1 heterocycles. The maximum atomic E-state index is 13.1. The van der Waals surface area contributed by atoms with Crippen LogP contribution in [0, 0.1) is 5.82 Å². The number of hydrogen-bond donors (Lipinski definition) is 3. The number of nitrogens with zero attached hydrogens (tertiary/aromatic N) is 1. The Balaban J connectivity index is 2.23. The number of H-pyrrole nitrogens is 1. The molecule has 0 unspecified atom stereocenters. The fourth-order valence-corrected chi connectivity index (χ4v) is 1.89. The highest BCUT2D eigenvalue weighted by Gasteiger charge is 2.15. The third-order valence-electron chi connectivity index (χ3n) is 2.71. The van der Waals surface area contributed by atoms with E-state index < -0.39 is 5.82 Å². The summed E-state index contributed by atoms with van der Waals surface area (Å²) in [6.07, 6.45) is 1.86. The van der Waals surface area contributed by atoms with Crippen molar-refractivity contribution in [2.45, 2.75) is 6.42 Å². The predicted molar refractivity (Wildman–Crippen MR) is 73.0 cm³/mol. The molecule has 0 saturated heterocycles. The van der Waals surface area contributed by atoms with E-state index in [1.54, 1.807) is 0 Å². The number of benzene rings is 1. The highest BCUT2D eigenvalue weighted by atomic mass is 35.5. The fraction of sp³-hybridized carbons (Fsp3) is 0.231. The molecule has 1 aromatic heterocycles. The van der Waals surface area contributed by atoms with E-state index in [0.717, 1.165) is 0 Å². The van der Waals surface area contributed by atoms with E-state index in [0.29, 0.717) is 29.8 Å². The van der Waals surface area contributed by atoms with E-state index in [4.69, 9.17) is 16.7 Å². The predicted octanol–water partition coefficient (Wildman–Crippen LogP) is 1.98. The molecule has 5 nitrogen and oxygen atoms in total. The minimum atomic E-state index is -0.524. The molecule has 7 heteroatoms. The summed E-state index contributed by atoms with van der Waals surface area (Å²) in [6.45, 7) is 0.371. The van der Waals surface area contributed by atoms with Crippen LogP contribution in [-0.2, 0) is 0 Å². The quantitative estimate of drug-likeness (QED) is 0.739. The maximum absolute atomic E-state index is 13.1. The molecule has 0 spiro atoms. The Labute approximate surface area is 119 Å². The minimum absolute atomic E-state index is 0.00605. The van der Waals surface area contributed by atoms with E-state index >= 15 is 0 Å². The Morgan fingerprint density at radius 3 is 3.00 bits per heavy atom. The normalized spacial score (nSPS) is 10.6. The van der Waals surface area contributed by atoms with Gasteiger partial charge in [-0.25, -0.2) is 4.39 Å². The first-order chi connectivity index (χ1) is 9.63. The third-order valence-corrected chi connectivity index (χ3v) is 3.00. The number of carbonyl (C=O) groups excluding carboxylic acids is 1. The highest BCUT2D eigenvalue weighted by Crippen LogP contribution is 2.25. The second-order valence-electron chi connectivity index (χ2n) is 4.12. The molecule has 0 atom stereocenters. The zero-order chi connectivity index (χ0) is 14.5. The number of aliphatic hydroxyl groups excluding tert-OH is 1. The lowest BCUT2D eigenvalue weighted by Crippen LogP contribution is -2.25. The van der Waals surface area contributed by atoms with Crippen LogP contribution in [0.15, 0.2) is 24.4 Å². The standard InChI is InChI=1S/C13H13ClFN3O2/c14-10-6-8(2-3-11(10)15)12-9(7-17-18-12)13(20)16-4-1-5-19/h2-3,6-7,19H,1,4-5H2,(H,16,20)(H,17,18). The van der Waals surface area contributed by atoms with Crippen LogP contribution in [0.1, 0.15) is 16.8 Å². The average molecular weight is 298 g/mol. The van der Waals surface area contributed by atoms with Crippen molar-refractivity contribution >= 4 is 17.5 Å². The summed E-state index contributed by atoms with van der Waals surface area (Å²) in [5.41, 5.74) is 1.38. The van der Waals surface area contributed by atoms with Gasteiger partial charge in [-0.05, 0) is 24.6 Å². The summed E-state index contributed by atoms with van der Waals surface area (Å²) in [5.74, 6) is -0.841. The second kappa shape index (κ2) is 6.49. The van der Waals surface area contributed by atoms with E-state index in [1.807, 2.05) is 0 Å². The van der Waals surface area contributed by atoms with Crippen LogP contribution in [0.25, 0.3) is 11.3 Å². The monoisotopic (exact) mass is 297 g/mol. The number of aromatic nitrogens is 2. The van der Waals surface area contributed by atoms with Crippen molar-refractivity contribution in [3.05, 3.63) is 40.8 Å². The molecule has 0 aliphatic heterocycles. The van der Waals surface area contributed by atoms with E-state index in [9.17, 15) is 9.18 Å². The van der Waals surface area contributed by atoms with Crippen LogP contribution in [0.2, 0.25) is 5.02 Å². The van der Waals surface area contributed by atoms with E-state index in [2.05, 4.69) is 15.5 Å². The van der Waals surface area contributed by atoms with Crippen molar-refractivity contribution in [3.63, 3.8) is 0 Å². The van der Waals surface area contributed by atoms with Crippen LogP contribution in [0.5, 0.6) is 0 Å². The molecule has 20 heavy (non-hydrogen) atoms. The number of hydrogen-bond acceptors (Lipinski definition) is 3. The van der Waals surface area contributed by atoms with Gasteiger partial charge in [-0.1, -0.05) is 11.6 Å². The van der Waals surface area contributed by atoms with Gasteiger partial charge >= 0.3 is 0 Å². The van der Waals surface area contributed by atoms with Gasteiger partial charge in [0.05, 0.1) is 22.5 Å². The van der Waals surface area contributed by atoms with Crippen molar-refractivity contribution in [1.82, 2.24) is 15.5 Å². The van der Waals surface area contributed by atoms with Gasteiger partial charge in [0, 0.05) is 18.7 Å². The first-order valence-electron chi connectivity index (χ1n) is 6.01. The summed E-state index contributed by atoms with van der Waals surface area (Å²) < 4.78 is 13.1. The average Bonchev–Trinajstić information content (AvgIpc) is 2.91. The van der Waals surface area contributed by atoms with Crippen LogP contribution in [0.3, 0.4) is 0 Å². The lowest BCUT2D eigenvalue weighted by atomic mass is 10.1. The summed E-state index contributed by atoms with van der Waals surface area (Å²) in [6, 6.07) is 4.17. The molecule has 0 radical (unpaired) electrons. The Kier molecular flexibility index (Phi) is 4.70. The smallest absolute Gasteiger partial charge is 0.255 e. The number of carbonyl (C=O) groups is 1. The lowest BCUT2D eigenvalue weighted by Gasteiger charge is -2.05. The van der Waals surface area contributed by atoms with E-state index in [1.165, 1.54) is 24.4 Å². The molecule has 0 bridgehead atoms. The van der Waals surface area contributed by atoms with Gasteiger partial charge in [0.25, 0.3) is 5.91 Å². The van der Waals surface area contributed by atoms with Gasteiger partial charge in [0.1, 0.15) is 5.82 Å². The van der Waals surface area contributed by atoms with Gasteiger partial charge in [-0.2, -0.15) is 5.10 Å². The molecule has 3 N–H and O–H groups in total. The van der Waals surface area contributed by atoms with E-state index in [-0.39, 0.29) is 17.5 Å². The van der Waals surface area contributed by atoms with Gasteiger partial charge < -0.3 is 10.4 Å². The molecule has 2 aromatic rings. The molecule has 106 valence electrons. The zero-order valence-electron chi connectivity index (χ0n) is 10.5. The molecule has 1 amide bonds. The number of aromatic amines is 1. The minimum Gasteiger partial charge on any atom is -0.396 e. The van der Waals surface area contributed by atoms with Crippen LogP contribution < -0.4 is 5.32 Å². The lowest BCUT2D eigenvalue weighted by molar-refractivity contribution is 0.0952. The Bertz CT molecular complexity index is 615.